The average Bonchev–Trinajstić information content (AvgIpc) is 3.46. The number of hydrogen-bond donors (Lipinski definition) is 2. The van der Waals surface area contributed by atoms with E-state index in [1.807, 2.05) is 97.1 Å². The van der Waals surface area contributed by atoms with E-state index in [1.165, 1.54) is 0 Å². The van der Waals surface area contributed by atoms with E-state index in [1.54, 1.807) is 14.2 Å². The van der Waals surface area contributed by atoms with Gasteiger partial charge in [-0.3, -0.25) is 4.79 Å². The van der Waals surface area contributed by atoms with E-state index >= 15 is 0 Å². The van der Waals surface area contributed by atoms with E-state index < -0.39 is 11.6 Å². The minimum Gasteiger partial charge on any atom is -0.494 e. The SMILES string of the molecule is COc1ccc(CCNC(=O)[C@]2(Cc3ccccc3)N=C(c3ccc(OCCCO)cc3)O[C@@H]2c2ccc(Br)cc2)cc1OC. The smallest absolute Gasteiger partial charge is 0.252 e. The molecule has 9 heteroatoms. The van der Waals surface area contributed by atoms with Crippen LogP contribution in [-0.4, -0.2) is 56.4 Å². The summed E-state index contributed by atoms with van der Waals surface area (Å²) in [5.41, 5.74) is 2.27. The van der Waals surface area contributed by atoms with Crippen molar-refractivity contribution in [1.82, 2.24) is 5.32 Å². The van der Waals surface area contributed by atoms with Crippen LogP contribution in [0.25, 0.3) is 0 Å². The first-order chi connectivity index (χ1) is 22.0. The van der Waals surface area contributed by atoms with Crippen molar-refractivity contribution in [2.24, 2.45) is 4.99 Å². The number of aliphatic hydroxyl groups is 1. The monoisotopic (exact) mass is 672 g/mol. The molecule has 0 saturated carbocycles. The number of ether oxygens (including phenoxy) is 4. The van der Waals surface area contributed by atoms with Gasteiger partial charge in [0.15, 0.2) is 23.1 Å². The molecule has 1 aliphatic heterocycles. The lowest BCUT2D eigenvalue weighted by molar-refractivity contribution is -0.128. The fraction of sp³-hybridized carbons (Fsp3) is 0.278. The minimum absolute atomic E-state index is 0.0695. The van der Waals surface area contributed by atoms with E-state index in [-0.39, 0.29) is 12.5 Å². The molecule has 234 valence electrons. The van der Waals surface area contributed by atoms with Gasteiger partial charge in [-0.05, 0) is 71.6 Å². The van der Waals surface area contributed by atoms with Crippen LogP contribution in [-0.2, 0) is 22.4 Å². The average molecular weight is 674 g/mol. The summed E-state index contributed by atoms with van der Waals surface area (Å²) in [7, 11) is 3.21. The summed E-state index contributed by atoms with van der Waals surface area (Å²) in [4.78, 5) is 19.5. The first kappa shape index (κ1) is 32.1. The zero-order valence-electron chi connectivity index (χ0n) is 25.4. The molecule has 0 aromatic heterocycles. The first-order valence-electron chi connectivity index (χ1n) is 14.8. The van der Waals surface area contributed by atoms with E-state index in [4.69, 9.17) is 29.0 Å². The Morgan fingerprint density at radius 3 is 2.36 bits per heavy atom. The maximum absolute atomic E-state index is 14.4. The molecule has 0 saturated heterocycles. The number of methoxy groups -OCH3 is 2. The lowest BCUT2D eigenvalue weighted by Crippen LogP contribution is -2.50. The number of aliphatic imine (C=N–C) groups is 1. The zero-order valence-corrected chi connectivity index (χ0v) is 27.0. The Kier molecular flexibility index (Phi) is 10.8. The molecule has 0 aliphatic carbocycles. The molecular formula is C36H37BrN2O6. The molecule has 1 aliphatic rings. The maximum atomic E-state index is 14.4. The molecule has 1 amide bonds. The Balaban J connectivity index is 1.48. The minimum atomic E-state index is -1.28. The largest absolute Gasteiger partial charge is 0.494 e. The molecule has 0 bridgehead atoms. The number of carbonyl (C=O) groups is 1. The van der Waals surface area contributed by atoms with Gasteiger partial charge in [0.2, 0.25) is 5.90 Å². The third-order valence-corrected chi connectivity index (χ3v) is 8.19. The second-order valence-corrected chi connectivity index (χ2v) is 11.6. The Morgan fingerprint density at radius 1 is 0.933 bits per heavy atom. The second kappa shape index (κ2) is 15.1. The van der Waals surface area contributed by atoms with Crippen molar-refractivity contribution in [3.8, 4) is 17.2 Å². The summed E-state index contributed by atoms with van der Waals surface area (Å²) >= 11 is 3.53. The third-order valence-electron chi connectivity index (χ3n) is 7.67. The van der Waals surface area contributed by atoms with Crippen molar-refractivity contribution >= 4 is 27.7 Å². The van der Waals surface area contributed by atoms with Gasteiger partial charge >= 0.3 is 0 Å². The highest BCUT2D eigenvalue weighted by molar-refractivity contribution is 9.10. The normalized spacial score (nSPS) is 17.2. The van der Waals surface area contributed by atoms with Gasteiger partial charge in [0.1, 0.15) is 5.75 Å². The van der Waals surface area contributed by atoms with Crippen LogP contribution in [0.15, 0.2) is 107 Å². The number of rotatable bonds is 14. The molecule has 4 aromatic rings. The van der Waals surface area contributed by atoms with Crippen LogP contribution in [0.3, 0.4) is 0 Å². The molecule has 45 heavy (non-hydrogen) atoms. The van der Waals surface area contributed by atoms with E-state index in [9.17, 15) is 4.79 Å². The lowest BCUT2D eigenvalue weighted by Gasteiger charge is -2.31. The number of benzene rings is 4. The number of aliphatic hydroxyl groups excluding tert-OH is 1. The lowest BCUT2D eigenvalue weighted by atomic mass is 9.82. The highest BCUT2D eigenvalue weighted by Gasteiger charge is 2.53. The van der Waals surface area contributed by atoms with Crippen molar-refractivity contribution in [2.45, 2.75) is 30.9 Å². The molecule has 0 radical (unpaired) electrons. The van der Waals surface area contributed by atoms with Crippen LogP contribution in [0.1, 0.15) is 34.8 Å². The number of amides is 1. The number of nitrogens with one attached hydrogen (secondary N) is 1. The zero-order chi connectivity index (χ0) is 31.6. The Labute approximate surface area is 272 Å². The van der Waals surface area contributed by atoms with Gasteiger partial charge in [-0.2, -0.15) is 0 Å². The summed E-state index contributed by atoms with van der Waals surface area (Å²) < 4.78 is 24.1. The highest BCUT2D eigenvalue weighted by Crippen LogP contribution is 2.43. The van der Waals surface area contributed by atoms with Crippen molar-refractivity contribution in [1.29, 1.82) is 0 Å². The summed E-state index contributed by atoms with van der Waals surface area (Å²) in [6, 6.07) is 30.9. The van der Waals surface area contributed by atoms with Crippen LogP contribution >= 0.6 is 15.9 Å². The van der Waals surface area contributed by atoms with Gasteiger partial charge in [0.25, 0.3) is 5.91 Å². The molecule has 4 aromatic carbocycles. The molecule has 0 spiro atoms. The Bertz CT molecular complexity index is 1590. The third kappa shape index (κ3) is 7.67. The van der Waals surface area contributed by atoms with Crippen molar-refractivity contribution < 1.29 is 28.8 Å². The molecule has 0 fully saturated rings. The van der Waals surface area contributed by atoms with E-state index in [0.717, 1.165) is 26.7 Å². The molecule has 1 heterocycles. The fourth-order valence-corrected chi connectivity index (χ4v) is 5.60. The summed E-state index contributed by atoms with van der Waals surface area (Å²) in [6.07, 6.45) is 0.798. The van der Waals surface area contributed by atoms with Crippen molar-refractivity contribution in [2.75, 3.05) is 34.0 Å². The van der Waals surface area contributed by atoms with Crippen molar-refractivity contribution in [3.63, 3.8) is 0 Å². The predicted molar refractivity (Wildman–Crippen MR) is 177 cm³/mol. The fourth-order valence-electron chi connectivity index (χ4n) is 5.34. The predicted octanol–water partition coefficient (Wildman–Crippen LogP) is 6.09. The van der Waals surface area contributed by atoms with Gasteiger partial charge < -0.3 is 29.4 Å². The summed E-state index contributed by atoms with van der Waals surface area (Å²) in [5, 5.41) is 12.2. The molecule has 8 nitrogen and oxygen atoms in total. The maximum Gasteiger partial charge on any atom is 0.252 e. The molecule has 2 atom stereocenters. The first-order valence-corrected chi connectivity index (χ1v) is 15.6. The van der Waals surface area contributed by atoms with Crippen LogP contribution in [0.4, 0.5) is 0 Å². The van der Waals surface area contributed by atoms with Gasteiger partial charge in [-0.25, -0.2) is 4.99 Å². The van der Waals surface area contributed by atoms with E-state index in [2.05, 4.69) is 21.2 Å². The van der Waals surface area contributed by atoms with E-state index in [0.29, 0.717) is 55.6 Å². The molecular weight excluding hydrogens is 636 g/mol. The Morgan fingerprint density at radius 2 is 1.67 bits per heavy atom. The van der Waals surface area contributed by atoms with Crippen LogP contribution < -0.4 is 19.5 Å². The number of carbonyl (C=O) groups excluding carboxylic acids is 1. The number of hydrogen-bond acceptors (Lipinski definition) is 7. The van der Waals surface area contributed by atoms with Crippen LogP contribution in [0, 0.1) is 0 Å². The standard InChI is InChI=1S/C36H37BrN2O6/c1-42-31-18-9-25(23-32(31)43-2)19-20-38-35(41)36(24-26-7-4-3-5-8-26)33(27-10-14-29(37)15-11-27)45-34(39-36)28-12-16-30(17-13-28)44-22-6-21-40/h3-5,7-18,23,33,40H,6,19-22,24H2,1-2H3,(H,38,41)/t33-,36-/m1/s1. The van der Waals surface area contributed by atoms with Gasteiger partial charge in [-0.15, -0.1) is 0 Å². The summed E-state index contributed by atoms with van der Waals surface area (Å²) in [5.74, 6) is 2.13. The van der Waals surface area contributed by atoms with Gasteiger partial charge in [0, 0.05) is 36.0 Å². The van der Waals surface area contributed by atoms with Gasteiger partial charge in [0.05, 0.1) is 20.8 Å². The van der Waals surface area contributed by atoms with Gasteiger partial charge in [-0.1, -0.05) is 64.5 Å². The topological polar surface area (TPSA) is 98.6 Å². The molecule has 5 rings (SSSR count). The van der Waals surface area contributed by atoms with Crippen LogP contribution in [0.2, 0.25) is 0 Å². The Hall–Kier alpha value is -4.34. The quantitative estimate of drug-likeness (QED) is 0.158. The number of nitrogens with zero attached hydrogens (tertiary/aromatic N) is 1. The second-order valence-electron chi connectivity index (χ2n) is 10.7. The molecule has 2 N–H and O–H groups in total. The number of halogens is 1. The highest BCUT2D eigenvalue weighted by atomic mass is 79.9. The van der Waals surface area contributed by atoms with Crippen LogP contribution in [0.5, 0.6) is 17.2 Å². The molecule has 0 unspecified atom stereocenters. The van der Waals surface area contributed by atoms with Crippen molar-refractivity contribution in [3.05, 3.63) is 124 Å². The summed E-state index contributed by atoms with van der Waals surface area (Å²) in [6.45, 7) is 0.880.